The van der Waals surface area contributed by atoms with Crippen LogP contribution in [0.2, 0.25) is 0 Å². The molecule has 0 aromatic carbocycles. The Hall–Kier alpha value is -1.69. The number of aryl methyl sites for hydroxylation is 1. The maximum atomic E-state index is 4.59. The summed E-state index contributed by atoms with van der Waals surface area (Å²) in [4.78, 5) is 4.71. The van der Waals surface area contributed by atoms with Crippen molar-refractivity contribution in [3.63, 3.8) is 0 Å². The molecule has 102 valence electrons. The van der Waals surface area contributed by atoms with Crippen molar-refractivity contribution in [1.29, 1.82) is 0 Å². The molecule has 3 rings (SSSR count). The smallest absolute Gasteiger partial charge is 0.178 e. The van der Waals surface area contributed by atoms with Crippen LogP contribution in [0.3, 0.4) is 0 Å². The summed E-state index contributed by atoms with van der Waals surface area (Å²) in [7, 11) is 2.19. The third kappa shape index (κ3) is 2.06. The van der Waals surface area contributed by atoms with Gasteiger partial charge in [0.2, 0.25) is 0 Å². The Morgan fingerprint density at radius 1 is 1.26 bits per heavy atom. The Kier molecular flexibility index (Phi) is 2.89. The van der Waals surface area contributed by atoms with Crippen molar-refractivity contribution in [3.8, 4) is 0 Å². The minimum atomic E-state index is 0.586. The molecule has 0 unspecified atom stereocenters. The van der Waals surface area contributed by atoms with Crippen molar-refractivity contribution in [1.82, 2.24) is 24.7 Å². The maximum Gasteiger partial charge on any atom is 0.178 e. The molecule has 6 heteroatoms. The van der Waals surface area contributed by atoms with Crippen LogP contribution in [-0.2, 0) is 0 Å². The molecule has 19 heavy (non-hydrogen) atoms. The summed E-state index contributed by atoms with van der Waals surface area (Å²) in [6, 6.07) is 5.21. The molecular formula is C13H20N6. The third-order valence-electron chi connectivity index (χ3n) is 3.98. The average molecular weight is 260 g/mol. The van der Waals surface area contributed by atoms with Crippen LogP contribution in [0.1, 0.15) is 19.7 Å². The summed E-state index contributed by atoms with van der Waals surface area (Å²) < 4.78 is 1.80. The van der Waals surface area contributed by atoms with Gasteiger partial charge in [0, 0.05) is 25.2 Å². The monoisotopic (exact) mass is 260 g/mol. The van der Waals surface area contributed by atoms with E-state index in [4.69, 9.17) is 0 Å². The van der Waals surface area contributed by atoms with E-state index in [0.29, 0.717) is 12.1 Å². The molecule has 0 N–H and O–H groups in total. The summed E-state index contributed by atoms with van der Waals surface area (Å²) in [6.45, 7) is 8.45. The molecule has 0 radical (unpaired) electrons. The number of nitrogens with zero attached hydrogens (tertiary/aromatic N) is 6. The van der Waals surface area contributed by atoms with Gasteiger partial charge in [0.05, 0.1) is 0 Å². The molecule has 1 saturated heterocycles. The highest BCUT2D eigenvalue weighted by Gasteiger charge is 2.32. The molecule has 0 bridgehead atoms. The highest BCUT2D eigenvalue weighted by Crippen LogP contribution is 2.22. The standard InChI is InChI=1S/C13H20N6/c1-9(2)17(4)11-7-18(8-11)13-6-5-12-15-14-10(3)19(12)16-13/h5-6,9,11H,7-8H2,1-4H3. The zero-order valence-electron chi connectivity index (χ0n) is 11.9. The minimum Gasteiger partial charge on any atom is -0.352 e. The first kappa shape index (κ1) is 12.3. The zero-order valence-corrected chi connectivity index (χ0v) is 11.9. The Morgan fingerprint density at radius 3 is 2.68 bits per heavy atom. The predicted molar refractivity (Wildman–Crippen MR) is 74.4 cm³/mol. The molecule has 1 aliphatic heterocycles. The fourth-order valence-corrected chi connectivity index (χ4v) is 2.38. The fourth-order valence-electron chi connectivity index (χ4n) is 2.38. The van der Waals surface area contributed by atoms with E-state index in [2.05, 4.69) is 46.0 Å². The molecule has 0 amide bonds. The van der Waals surface area contributed by atoms with Crippen LogP contribution in [0.5, 0.6) is 0 Å². The number of likely N-dealkylation sites (N-methyl/N-ethyl adjacent to an activating group) is 1. The summed E-state index contributed by atoms with van der Waals surface area (Å²) in [6.07, 6.45) is 0. The molecule has 3 heterocycles. The Labute approximate surface area is 113 Å². The number of fused-ring (bicyclic) bond motifs is 1. The first-order chi connectivity index (χ1) is 9.06. The quantitative estimate of drug-likeness (QED) is 0.823. The number of hydrogen-bond donors (Lipinski definition) is 0. The van der Waals surface area contributed by atoms with Crippen molar-refractivity contribution in [2.45, 2.75) is 32.9 Å². The molecule has 0 aliphatic carbocycles. The van der Waals surface area contributed by atoms with Crippen molar-refractivity contribution in [3.05, 3.63) is 18.0 Å². The summed E-state index contributed by atoms with van der Waals surface area (Å²) in [5.41, 5.74) is 0.803. The highest BCUT2D eigenvalue weighted by atomic mass is 15.4. The van der Waals surface area contributed by atoms with Gasteiger partial charge < -0.3 is 4.90 Å². The van der Waals surface area contributed by atoms with Gasteiger partial charge in [-0.05, 0) is 40.0 Å². The number of aromatic nitrogens is 4. The first-order valence-electron chi connectivity index (χ1n) is 6.72. The van der Waals surface area contributed by atoms with E-state index in [1.165, 1.54) is 0 Å². The van der Waals surface area contributed by atoms with E-state index < -0.39 is 0 Å². The van der Waals surface area contributed by atoms with Gasteiger partial charge in [0.1, 0.15) is 5.82 Å². The molecule has 2 aromatic rings. The van der Waals surface area contributed by atoms with Gasteiger partial charge in [-0.1, -0.05) is 0 Å². The van der Waals surface area contributed by atoms with Crippen LogP contribution in [0.4, 0.5) is 5.82 Å². The molecular weight excluding hydrogens is 240 g/mol. The lowest BCUT2D eigenvalue weighted by Gasteiger charge is -2.46. The van der Waals surface area contributed by atoms with Crippen molar-refractivity contribution in [2.24, 2.45) is 0 Å². The van der Waals surface area contributed by atoms with Gasteiger partial charge in [-0.25, -0.2) is 0 Å². The van der Waals surface area contributed by atoms with Crippen LogP contribution >= 0.6 is 0 Å². The van der Waals surface area contributed by atoms with Crippen LogP contribution in [-0.4, -0.2) is 56.9 Å². The summed E-state index contributed by atoms with van der Waals surface area (Å²) in [5.74, 6) is 1.83. The minimum absolute atomic E-state index is 0.586. The van der Waals surface area contributed by atoms with Crippen molar-refractivity contribution in [2.75, 3.05) is 25.0 Å². The third-order valence-corrected chi connectivity index (χ3v) is 3.98. The van der Waals surface area contributed by atoms with Gasteiger partial charge in [0.15, 0.2) is 11.5 Å². The molecule has 6 nitrogen and oxygen atoms in total. The van der Waals surface area contributed by atoms with Gasteiger partial charge in [-0.3, -0.25) is 4.90 Å². The van der Waals surface area contributed by atoms with Gasteiger partial charge in [0.25, 0.3) is 0 Å². The fraction of sp³-hybridized carbons (Fsp3) is 0.615. The SMILES string of the molecule is Cc1nnc2ccc(N3CC(N(C)C(C)C)C3)nn12. The maximum absolute atomic E-state index is 4.59. The lowest BCUT2D eigenvalue weighted by molar-refractivity contribution is 0.165. The Bertz CT molecular complexity index is 584. The second kappa shape index (κ2) is 4.45. The van der Waals surface area contributed by atoms with E-state index >= 15 is 0 Å². The molecule has 0 atom stereocenters. The summed E-state index contributed by atoms with van der Waals surface area (Å²) in [5, 5.41) is 12.7. The average Bonchev–Trinajstić information content (AvgIpc) is 2.69. The van der Waals surface area contributed by atoms with E-state index in [0.717, 1.165) is 30.4 Å². The second-order valence-corrected chi connectivity index (χ2v) is 5.53. The molecule has 2 aromatic heterocycles. The zero-order chi connectivity index (χ0) is 13.6. The van der Waals surface area contributed by atoms with Crippen molar-refractivity contribution >= 4 is 11.5 Å². The van der Waals surface area contributed by atoms with E-state index in [1.807, 2.05) is 19.1 Å². The number of rotatable bonds is 3. The largest absolute Gasteiger partial charge is 0.352 e. The van der Waals surface area contributed by atoms with Gasteiger partial charge in [-0.2, -0.15) is 4.52 Å². The van der Waals surface area contributed by atoms with E-state index in [9.17, 15) is 0 Å². The first-order valence-corrected chi connectivity index (χ1v) is 6.72. The second-order valence-electron chi connectivity index (χ2n) is 5.53. The van der Waals surface area contributed by atoms with E-state index in [1.54, 1.807) is 4.52 Å². The number of anilines is 1. The highest BCUT2D eigenvalue weighted by molar-refractivity contribution is 5.47. The predicted octanol–water partition coefficient (Wildman–Crippen LogP) is 0.962. The van der Waals surface area contributed by atoms with Gasteiger partial charge >= 0.3 is 0 Å². The Morgan fingerprint density at radius 2 is 2.00 bits per heavy atom. The van der Waals surface area contributed by atoms with E-state index in [-0.39, 0.29) is 0 Å². The molecule has 1 aliphatic rings. The van der Waals surface area contributed by atoms with Gasteiger partial charge in [-0.15, -0.1) is 15.3 Å². The van der Waals surface area contributed by atoms with Crippen LogP contribution < -0.4 is 4.90 Å². The normalized spacial score (nSPS) is 16.6. The topological polar surface area (TPSA) is 49.6 Å². The molecule has 1 fully saturated rings. The molecule has 0 saturated carbocycles. The Balaban J connectivity index is 1.75. The number of hydrogen-bond acceptors (Lipinski definition) is 5. The van der Waals surface area contributed by atoms with Crippen LogP contribution in [0, 0.1) is 6.92 Å². The molecule has 0 spiro atoms. The van der Waals surface area contributed by atoms with Crippen LogP contribution in [0.15, 0.2) is 12.1 Å². The van der Waals surface area contributed by atoms with Crippen molar-refractivity contribution < 1.29 is 0 Å². The summed E-state index contributed by atoms with van der Waals surface area (Å²) >= 11 is 0. The lowest BCUT2D eigenvalue weighted by atomic mass is 10.1. The lowest BCUT2D eigenvalue weighted by Crippen LogP contribution is -2.60. The van der Waals surface area contributed by atoms with Crippen LogP contribution in [0.25, 0.3) is 5.65 Å².